The molecule has 0 unspecified atom stereocenters. The third-order valence-corrected chi connectivity index (χ3v) is 5.62. The number of fused-ring (bicyclic) bond motifs is 1. The number of aromatic amines is 1. The highest BCUT2D eigenvalue weighted by atomic mass is 16.1. The lowest BCUT2D eigenvalue weighted by Gasteiger charge is -2.17. The van der Waals surface area contributed by atoms with Gasteiger partial charge in [-0.1, -0.05) is 12.1 Å². The number of nitrogens with zero attached hydrogens (tertiary/aromatic N) is 6. The fraction of sp³-hybridized carbons (Fsp3) is 0.227. The highest BCUT2D eigenvalue weighted by Gasteiger charge is 2.33. The van der Waals surface area contributed by atoms with Crippen molar-refractivity contribution in [2.45, 2.75) is 25.0 Å². The van der Waals surface area contributed by atoms with E-state index in [0.717, 1.165) is 22.2 Å². The molecular weight excluding hydrogens is 392 g/mol. The molecule has 3 aromatic heterocycles. The molecule has 0 aliphatic carbocycles. The van der Waals surface area contributed by atoms with E-state index < -0.39 is 0 Å². The van der Waals surface area contributed by atoms with Gasteiger partial charge in [-0.25, -0.2) is 0 Å². The van der Waals surface area contributed by atoms with E-state index in [4.69, 9.17) is 0 Å². The quantitative estimate of drug-likeness (QED) is 0.486. The lowest BCUT2D eigenvalue weighted by molar-refractivity contribution is 0.0938. The van der Waals surface area contributed by atoms with Crippen LogP contribution >= 0.6 is 0 Å². The summed E-state index contributed by atoms with van der Waals surface area (Å²) in [4.78, 5) is 19.0. The molecule has 1 saturated heterocycles. The number of likely N-dealkylation sites (tertiary alicyclic amines) is 1. The molecule has 5 rings (SSSR count). The Morgan fingerprint density at radius 3 is 2.97 bits per heavy atom. The molecule has 1 fully saturated rings. The van der Waals surface area contributed by atoms with Crippen molar-refractivity contribution in [2.75, 3.05) is 6.54 Å². The number of benzene rings is 1. The molecule has 4 aromatic rings. The van der Waals surface area contributed by atoms with Gasteiger partial charge in [0.05, 0.1) is 35.6 Å². The highest BCUT2D eigenvalue weighted by molar-refractivity contribution is 5.96. The molecule has 154 valence electrons. The zero-order chi connectivity index (χ0) is 21.2. The molecule has 1 aliphatic rings. The van der Waals surface area contributed by atoms with E-state index in [1.54, 1.807) is 29.6 Å². The molecule has 1 aromatic carbocycles. The van der Waals surface area contributed by atoms with Crippen LogP contribution in [0.15, 0.2) is 61.2 Å². The van der Waals surface area contributed by atoms with E-state index in [2.05, 4.69) is 31.8 Å². The van der Waals surface area contributed by atoms with Crippen molar-refractivity contribution in [1.29, 1.82) is 5.26 Å². The Bertz CT molecular complexity index is 1240. The van der Waals surface area contributed by atoms with Crippen LogP contribution < -0.4 is 5.32 Å². The van der Waals surface area contributed by atoms with Crippen molar-refractivity contribution in [3.8, 4) is 17.5 Å². The number of hydrogen-bond donors (Lipinski definition) is 2. The third kappa shape index (κ3) is 3.71. The summed E-state index contributed by atoms with van der Waals surface area (Å²) in [6, 6.07) is 11.3. The van der Waals surface area contributed by atoms with Crippen LogP contribution in [0, 0.1) is 11.5 Å². The van der Waals surface area contributed by atoms with Gasteiger partial charge in [-0.3, -0.25) is 19.6 Å². The smallest absolute Gasteiger partial charge is 0.253 e. The standard InChI is InChI=1S/C22H20N8O/c23-14-29-12-16(9-17(29)13-30-8-2-7-26-30)27-22(31)15-5-6-20(24-10-15)18-3-1-4-21-19(18)11-25-28-21/h1-8,10-11,16-17H,9,12-13H2,(H,25,28)(H,27,31)/t16-,17+/m1/s1. The number of carbonyl (C=O) groups excluding carboxylic acids is 1. The van der Waals surface area contributed by atoms with Crippen LogP contribution in [0.2, 0.25) is 0 Å². The van der Waals surface area contributed by atoms with Crippen LogP contribution in [0.4, 0.5) is 0 Å². The minimum Gasteiger partial charge on any atom is -0.347 e. The van der Waals surface area contributed by atoms with Gasteiger partial charge < -0.3 is 10.2 Å². The Labute approximate surface area is 178 Å². The molecule has 31 heavy (non-hydrogen) atoms. The monoisotopic (exact) mass is 412 g/mol. The number of pyridine rings is 1. The summed E-state index contributed by atoms with van der Waals surface area (Å²) in [6.45, 7) is 1.10. The zero-order valence-corrected chi connectivity index (χ0v) is 16.6. The molecule has 1 amide bonds. The molecule has 0 saturated carbocycles. The zero-order valence-electron chi connectivity index (χ0n) is 16.6. The van der Waals surface area contributed by atoms with Crippen molar-refractivity contribution in [3.05, 3.63) is 66.7 Å². The number of amides is 1. The molecule has 2 N–H and O–H groups in total. The van der Waals surface area contributed by atoms with Crippen molar-refractivity contribution in [3.63, 3.8) is 0 Å². The van der Waals surface area contributed by atoms with Gasteiger partial charge in [0.25, 0.3) is 5.91 Å². The maximum atomic E-state index is 12.8. The maximum absolute atomic E-state index is 12.8. The summed E-state index contributed by atoms with van der Waals surface area (Å²) in [6.07, 6.45) is 9.86. The van der Waals surface area contributed by atoms with E-state index in [9.17, 15) is 10.1 Å². The van der Waals surface area contributed by atoms with E-state index >= 15 is 0 Å². The predicted molar refractivity (Wildman–Crippen MR) is 114 cm³/mol. The maximum Gasteiger partial charge on any atom is 0.253 e. The lowest BCUT2D eigenvalue weighted by Crippen LogP contribution is -2.36. The van der Waals surface area contributed by atoms with Gasteiger partial charge in [-0.05, 0) is 30.7 Å². The van der Waals surface area contributed by atoms with Crippen molar-refractivity contribution >= 4 is 16.8 Å². The second kappa shape index (κ2) is 7.91. The van der Waals surface area contributed by atoms with Gasteiger partial charge in [0.1, 0.15) is 0 Å². The Hall–Kier alpha value is -4.19. The number of nitriles is 1. The average molecular weight is 412 g/mol. The molecule has 2 atom stereocenters. The summed E-state index contributed by atoms with van der Waals surface area (Å²) < 4.78 is 1.81. The summed E-state index contributed by atoms with van der Waals surface area (Å²) in [5.41, 5.74) is 3.16. The van der Waals surface area contributed by atoms with Gasteiger partial charge >= 0.3 is 0 Å². The minimum atomic E-state index is -0.191. The molecular formula is C22H20N8O. The van der Waals surface area contributed by atoms with E-state index in [1.807, 2.05) is 41.2 Å². The first-order valence-electron chi connectivity index (χ1n) is 10.0. The molecule has 0 bridgehead atoms. The first-order valence-corrected chi connectivity index (χ1v) is 10.0. The predicted octanol–water partition coefficient (Wildman–Crippen LogP) is 2.18. The van der Waals surface area contributed by atoms with E-state index in [1.165, 1.54) is 0 Å². The highest BCUT2D eigenvalue weighted by Crippen LogP contribution is 2.26. The molecule has 4 heterocycles. The summed E-state index contributed by atoms with van der Waals surface area (Å²) in [5.74, 6) is -0.191. The Balaban J connectivity index is 1.27. The van der Waals surface area contributed by atoms with Gasteiger partial charge in [0.15, 0.2) is 6.19 Å². The number of rotatable bonds is 5. The summed E-state index contributed by atoms with van der Waals surface area (Å²) in [7, 11) is 0. The second-order valence-corrected chi connectivity index (χ2v) is 7.61. The van der Waals surface area contributed by atoms with Crippen LogP contribution in [-0.2, 0) is 6.54 Å². The summed E-state index contributed by atoms with van der Waals surface area (Å²) >= 11 is 0. The lowest BCUT2D eigenvalue weighted by atomic mass is 10.1. The number of hydrogen-bond acceptors (Lipinski definition) is 6. The molecule has 0 spiro atoms. The fourth-order valence-electron chi connectivity index (χ4n) is 4.09. The SMILES string of the molecule is N#CN1C[C@H](NC(=O)c2ccc(-c3cccc4[nH]ncc34)nc2)C[C@H]1Cn1cccn1. The van der Waals surface area contributed by atoms with Crippen molar-refractivity contribution in [2.24, 2.45) is 0 Å². The van der Waals surface area contributed by atoms with Crippen LogP contribution in [0.5, 0.6) is 0 Å². The van der Waals surface area contributed by atoms with Gasteiger partial charge in [0, 0.05) is 42.1 Å². The number of H-pyrrole nitrogens is 1. The molecule has 9 nitrogen and oxygen atoms in total. The minimum absolute atomic E-state index is 0.00569. The summed E-state index contributed by atoms with van der Waals surface area (Å²) in [5, 5.41) is 24.7. The third-order valence-electron chi connectivity index (χ3n) is 5.62. The molecule has 1 aliphatic heterocycles. The number of nitrogens with one attached hydrogen (secondary N) is 2. The largest absolute Gasteiger partial charge is 0.347 e. The van der Waals surface area contributed by atoms with E-state index in [-0.39, 0.29) is 18.0 Å². The first-order chi connectivity index (χ1) is 15.2. The van der Waals surface area contributed by atoms with Gasteiger partial charge in [0.2, 0.25) is 0 Å². The second-order valence-electron chi connectivity index (χ2n) is 7.61. The first kappa shape index (κ1) is 18.8. The van der Waals surface area contributed by atoms with Crippen LogP contribution in [0.3, 0.4) is 0 Å². The average Bonchev–Trinajstić information content (AvgIpc) is 3.55. The number of aromatic nitrogens is 5. The normalized spacial score (nSPS) is 18.2. The van der Waals surface area contributed by atoms with Gasteiger partial charge in [-0.2, -0.15) is 15.5 Å². The van der Waals surface area contributed by atoms with Crippen molar-refractivity contribution < 1.29 is 4.79 Å². The van der Waals surface area contributed by atoms with Crippen LogP contribution in [0.25, 0.3) is 22.2 Å². The number of carbonyl (C=O) groups is 1. The van der Waals surface area contributed by atoms with E-state index in [0.29, 0.717) is 25.1 Å². The van der Waals surface area contributed by atoms with Crippen LogP contribution in [-0.4, -0.2) is 54.4 Å². The van der Waals surface area contributed by atoms with Gasteiger partial charge in [-0.15, -0.1) is 0 Å². The van der Waals surface area contributed by atoms with Crippen LogP contribution in [0.1, 0.15) is 16.8 Å². The fourth-order valence-corrected chi connectivity index (χ4v) is 4.09. The Morgan fingerprint density at radius 2 is 2.19 bits per heavy atom. The Kier molecular flexibility index (Phi) is 4.80. The van der Waals surface area contributed by atoms with Crippen molar-refractivity contribution in [1.82, 2.24) is 35.2 Å². The molecule has 9 heteroatoms. The molecule has 0 radical (unpaired) electrons. The topological polar surface area (TPSA) is 116 Å². The Morgan fingerprint density at radius 1 is 1.26 bits per heavy atom.